The van der Waals surface area contributed by atoms with Gasteiger partial charge in [-0.05, 0) is 67.6 Å². The number of hydrogen-bond donors (Lipinski definition) is 0. The Kier molecular flexibility index (Phi) is 6.13. The standard InChI is InChI=1S/C26H25N3O4/c1-17(28(2)25(30)18-9-13-20(32-3)14-10-18)24-27-23-8-6-5-7-22(23)26(31)29(24)19-11-15-21(33-4)16-12-19/h5-17H,1-4H3. The maximum absolute atomic E-state index is 13.5. The second-order valence-corrected chi connectivity index (χ2v) is 7.65. The van der Waals surface area contributed by atoms with E-state index in [9.17, 15) is 9.59 Å². The van der Waals surface area contributed by atoms with Crippen molar-refractivity contribution in [2.24, 2.45) is 0 Å². The molecule has 33 heavy (non-hydrogen) atoms. The van der Waals surface area contributed by atoms with Gasteiger partial charge in [0.1, 0.15) is 17.3 Å². The van der Waals surface area contributed by atoms with E-state index in [1.807, 2.05) is 19.1 Å². The third-order valence-electron chi connectivity index (χ3n) is 5.74. The van der Waals surface area contributed by atoms with Gasteiger partial charge in [0.2, 0.25) is 0 Å². The number of hydrogen-bond acceptors (Lipinski definition) is 5. The first kappa shape index (κ1) is 22.1. The van der Waals surface area contributed by atoms with Crippen LogP contribution in [-0.2, 0) is 0 Å². The van der Waals surface area contributed by atoms with Crippen molar-refractivity contribution >= 4 is 16.8 Å². The van der Waals surface area contributed by atoms with Crippen molar-refractivity contribution in [3.8, 4) is 17.2 Å². The molecule has 1 atom stereocenters. The van der Waals surface area contributed by atoms with Crippen LogP contribution < -0.4 is 15.0 Å². The highest BCUT2D eigenvalue weighted by atomic mass is 16.5. The van der Waals surface area contributed by atoms with Gasteiger partial charge in [0.05, 0.1) is 36.9 Å². The molecule has 0 aliphatic rings. The van der Waals surface area contributed by atoms with Crippen molar-refractivity contribution in [3.05, 3.63) is 94.5 Å². The highest BCUT2D eigenvalue weighted by Crippen LogP contribution is 2.24. The Morgan fingerprint density at radius 3 is 2.09 bits per heavy atom. The van der Waals surface area contributed by atoms with Crippen LogP contribution in [0.4, 0.5) is 0 Å². The average molecular weight is 444 g/mol. The average Bonchev–Trinajstić information content (AvgIpc) is 2.87. The number of para-hydroxylation sites is 1. The van der Waals surface area contributed by atoms with Crippen LogP contribution in [0.25, 0.3) is 16.6 Å². The molecule has 168 valence electrons. The molecule has 1 amide bonds. The Balaban J connectivity index is 1.82. The van der Waals surface area contributed by atoms with E-state index in [0.29, 0.717) is 39.5 Å². The van der Waals surface area contributed by atoms with Crippen molar-refractivity contribution < 1.29 is 14.3 Å². The number of aromatic nitrogens is 2. The summed E-state index contributed by atoms with van der Waals surface area (Å²) in [6, 6.07) is 20.8. The summed E-state index contributed by atoms with van der Waals surface area (Å²) in [6.07, 6.45) is 0. The molecule has 1 heterocycles. The first-order valence-corrected chi connectivity index (χ1v) is 10.5. The molecule has 3 aromatic carbocycles. The van der Waals surface area contributed by atoms with Crippen molar-refractivity contribution in [2.75, 3.05) is 21.3 Å². The lowest BCUT2D eigenvalue weighted by Gasteiger charge is -2.27. The highest BCUT2D eigenvalue weighted by molar-refractivity contribution is 5.94. The minimum Gasteiger partial charge on any atom is -0.497 e. The molecule has 4 aromatic rings. The van der Waals surface area contributed by atoms with Crippen LogP contribution in [0.3, 0.4) is 0 Å². The second-order valence-electron chi connectivity index (χ2n) is 7.65. The molecule has 0 N–H and O–H groups in total. The van der Waals surface area contributed by atoms with Crippen LogP contribution in [0, 0.1) is 0 Å². The van der Waals surface area contributed by atoms with Gasteiger partial charge in [-0.2, -0.15) is 0 Å². The summed E-state index contributed by atoms with van der Waals surface area (Å²) >= 11 is 0. The fraction of sp³-hybridized carbons (Fsp3) is 0.192. The first-order valence-electron chi connectivity index (χ1n) is 10.5. The molecular weight excluding hydrogens is 418 g/mol. The smallest absolute Gasteiger partial charge is 0.266 e. The number of carbonyl (C=O) groups excluding carboxylic acids is 1. The van der Waals surface area contributed by atoms with Gasteiger partial charge in [-0.3, -0.25) is 14.2 Å². The Hall–Kier alpha value is -4.13. The largest absolute Gasteiger partial charge is 0.497 e. The van der Waals surface area contributed by atoms with Gasteiger partial charge in [0.15, 0.2) is 0 Å². The Bertz CT molecular complexity index is 1350. The van der Waals surface area contributed by atoms with Crippen LogP contribution in [-0.4, -0.2) is 41.6 Å². The van der Waals surface area contributed by atoms with E-state index < -0.39 is 6.04 Å². The maximum atomic E-state index is 13.5. The summed E-state index contributed by atoms with van der Waals surface area (Å²) in [5.41, 5.74) is 1.55. The number of carbonyl (C=O) groups is 1. The summed E-state index contributed by atoms with van der Waals surface area (Å²) in [5, 5.41) is 0.508. The summed E-state index contributed by atoms with van der Waals surface area (Å²) in [6.45, 7) is 1.86. The molecule has 7 heteroatoms. The van der Waals surface area contributed by atoms with E-state index in [0.717, 1.165) is 0 Å². The maximum Gasteiger partial charge on any atom is 0.266 e. The molecule has 0 aliphatic carbocycles. The van der Waals surface area contributed by atoms with Crippen LogP contribution in [0.1, 0.15) is 29.1 Å². The van der Waals surface area contributed by atoms with E-state index in [1.54, 1.807) is 91.4 Å². The fourth-order valence-corrected chi connectivity index (χ4v) is 3.70. The number of fused-ring (bicyclic) bond motifs is 1. The number of amides is 1. The number of benzene rings is 3. The number of ether oxygens (including phenoxy) is 2. The fourth-order valence-electron chi connectivity index (χ4n) is 3.70. The zero-order chi connectivity index (χ0) is 23.5. The molecule has 7 nitrogen and oxygen atoms in total. The molecule has 4 rings (SSSR count). The van der Waals surface area contributed by atoms with E-state index in [-0.39, 0.29) is 11.5 Å². The monoisotopic (exact) mass is 443 g/mol. The molecule has 0 radical (unpaired) electrons. The molecule has 0 saturated heterocycles. The predicted molar refractivity (Wildman–Crippen MR) is 127 cm³/mol. The lowest BCUT2D eigenvalue weighted by atomic mass is 10.1. The second kappa shape index (κ2) is 9.16. The van der Waals surface area contributed by atoms with E-state index >= 15 is 0 Å². The molecule has 0 spiro atoms. The summed E-state index contributed by atoms with van der Waals surface area (Å²) < 4.78 is 12.0. The Morgan fingerprint density at radius 1 is 0.909 bits per heavy atom. The number of rotatable bonds is 6. The minimum absolute atomic E-state index is 0.186. The van der Waals surface area contributed by atoms with Gasteiger partial charge in [-0.1, -0.05) is 12.1 Å². The molecule has 1 aromatic heterocycles. The third kappa shape index (κ3) is 4.17. The number of methoxy groups -OCH3 is 2. The lowest BCUT2D eigenvalue weighted by molar-refractivity contribution is 0.0735. The van der Waals surface area contributed by atoms with Gasteiger partial charge >= 0.3 is 0 Å². The molecule has 0 aliphatic heterocycles. The van der Waals surface area contributed by atoms with Gasteiger partial charge in [0.25, 0.3) is 11.5 Å². The van der Waals surface area contributed by atoms with Gasteiger partial charge in [-0.15, -0.1) is 0 Å². The van der Waals surface area contributed by atoms with E-state index in [1.165, 1.54) is 0 Å². The number of nitrogens with zero attached hydrogens (tertiary/aromatic N) is 3. The molecule has 1 unspecified atom stereocenters. The highest BCUT2D eigenvalue weighted by Gasteiger charge is 2.25. The van der Waals surface area contributed by atoms with Crippen LogP contribution in [0.15, 0.2) is 77.6 Å². The van der Waals surface area contributed by atoms with Gasteiger partial charge in [-0.25, -0.2) is 4.98 Å². The quantitative estimate of drug-likeness (QED) is 0.446. The van der Waals surface area contributed by atoms with E-state index in [4.69, 9.17) is 14.5 Å². The van der Waals surface area contributed by atoms with Crippen LogP contribution in [0.5, 0.6) is 11.5 Å². The summed E-state index contributed by atoms with van der Waals surface area (Å²) in [5.74, 6) is 1.64. The van der Waals surface area contributed by atoms with Crippen molar-refractivity contribution in [1.82, 2.24) is 14.5 Å². The van der Waals surface area contributed by atoms with E-state index in [2.05, 4.69) is 0 Å². The van der Waals surface area contributed by atoms with Crippen molar-refractivity contribution in [1.29, 1.82) is 0 Å². The minimum atomic E-state index is -0.487. The molecule has 0 saturated carbocycles. The molecular formula is C26H25N3O4. The predicted octanol–water partition coefficient (Wildman–Crippen LogP) is 4.24. The summed E-state index contributed by atoms with van der Waals surface area (Å²) in [4.78, 5) is 33.1. The first-order chi connectivity index (χ1) is 15.9. The van der Waals surface area contributed by atoms with Crippen LogP contribution in [0.2, 0.25) is 0 Å². The van der Waals surface area contributed by atoms with Crippen molar-refractivity contribution in [3.63, 3.8) is 0 Å². The summed E-state index contributed by atoms with van der Waals surface area (Å²) in [7, 11) is 4.87. The molecule has 0 fully saturated rings. The molecule has 0 bridgehead atoms. The van der Waals surface area contributed by atoms with Crippen LogP contribution >= 0.6 is 0 Å². The lowest BCUT2D eigenvalue weighted by Crippen LogP contribution is -2.34. The van der Waals surface area contributed by atoms with Gasteiger partial charge in [0, 0.05) is 12.6 Å². The zero-order valence-electron chi connectivity index (χ0n) is 19.0. The SMILES string of the molecule is COc1ccc(C(=O)N(C)C(C)c2nc3ccccc3c(=O)n2-c2ccc(OC)cc2)cc1. The topological polar surface area (TPSA) is 73.7 Å². The Morgan fingerprint density at radius 2 is 1.48 bits per heavy atom. The Labute approximate surface area is 191 Å². The normalized spacial score (nSPS) is 11.8. The zero-order valence-corrected chi connectivity index (χ0v) is 19.0. The van der Waals surface area contributed by atoms with Gasteiger partial charge < -0.3 is 14.4 Å². The third-order valence-corrected chi connectivity index (χ3v) is 5.74. The van der Waals surface area contributed by atoms with Crippen molar-refractivity contribution in [2.45, 2.75) is 13.0 Å².